The Morgan fingerprint density at radius 1 is 1.33 bits per heavy atom. The number of para-hydroxylation sites is 2. The van der Waals surface area contributed by atoms with Crippen LogP contribution in [0.4, 0.5) is 5.69 Å². The predicted molar refractivity (Wildman–Crippen MR) is 117 cm³/mol. The van der Waals surface area contributed by atoms with Gasteiger partial charge >= 0.3 is 0 Å². The molecule has 1 aromatic carbocycles. The topological polar surface area (TPSA) is 91.0 Å². The number of aromatic nitrogens is 4. The van der Waals surface area contributed by atoms with E-state index in [1.807, 2.05) is 45.9 Å². The number of nitrogens with one attached hydrogen (secondary N) is 1. The van der Waals surface area contributed by atoms with Crippen molar-refractivity contribution in [3.05, 3.63) is 40.8 Å². The van der Waals surface area contributed by atoms with Crippen LogP contribution in [-0.2, 0) is 10.3 Å². The number of anilines is 1. The Morgan fingerprint density at radius 3 is 2.83 bits per heavy atom. The van der Waals surface area contributed by atoms with Crippen LogP contribution in [0, 0.1) is 0 Å². The number of hydrogen-bond donors (Lipinski definition) is 1. The molecule has 3 heterocycles. The van der Waals surface area contributed by atoms with Gasteiger partial charge in [0, 0.05) is 12.2 Å². The van der Waals surface area contributed by atoms with Crippen molar-refractivity contribution in [2.45, 2.75) is 50.9 Å². The zero-order chi connectivity index (χ0) is 21.5. The molecule has 1 aliphatic heterocycles. The lowest BCUT2D eigenvalue weighted by Crippen LogP contribution is -2.29. The van der Waals surface area contributed by atoms with Crippen LogP contribution in [0.15, 0.2) is 40.4 Å². The van der Waals surface area contributed by atoms with Gasteiger partial charge in [0.1, 0.15) is 11.1 Å². The summed E-state index contributed by atoms with van der Waals surface area (Å²) in [5.74, 6) is 1.08. The molecule has 4 rings (SSSR count). The average Bonchev–Trinajstić information content (AvgIpc) is 3.28. The van der Waals surface area contributed by atoms with Gasteiger partial charge in [-0.1, -0.05) is 23.9 Å². The summed E-state index contributed by atoms with van der Waals surface area (Å²) in [6, 6.07) is 7.07. The first-order chi connectivity index (χ1) is 14.3. The molecule has 3 aromatic rings. The molecule has 0 bridgehead atoms. The standard InChI is InChI=1S/C21H25N5O3S/c1-5-29-16-9-7-6-8-15(16)23-17(27)10-13-12-30-20-24-18-14(19(28)25(13)20)11-22-26(18)21(2,3)4/h6-9,11,13H,5,10,12H2,1-4H3,(H,23,27). The van der Waals surface area contributed by atoms with Crippen molar-refractivity contribution in [1.29, 1.82) is 0 Å². The molecule has 0 aliphatic carbocycles. The predicted octanol–water partition coefficient (Wildman–Crippen LogP) is 3.42. The summed E-state index contributed by atoms with van der Waals surface area (Å²) in [6.45, 7) is 8.47. The van der Waals surface area contributed by atoms with Gasteiger partial charge in [-0.25, -0.2) is 9.67 Å². The van der Waals surface area contributed by atoms with Crippen molar-refractivity contribution in [1.82, 2.24) is 19.3 Å². The number of hydrogen-bond acceptors (Lipinski definition) is 6. The van der Waals surface area contributed by atoms with Gasteiger partial charge in [0.05, 0.1) is 30.1 Å². The van der Waals surface area contributed by atoms with Crippen LogP contribution in [-0.4, -0.2) is 37.6 Å². The van der Waals surface area contributed by atoms with Gasteiger partial charge < -0.3 is 10.1 Å². The van der Waals surface area contributed by atoms with E-state index < -0.39 is 0 Å². The quantitative estimate of drug-likeness (QED) is 0.628. The Hall–Kier alpha value is -2.81. The molecule has 0 saturated heterocycles. The molecule has 8 nitrogen and oxygen atoms in total. The minimum absolute atomic E-state index is 0.150. The highest BCUT2D eigenvalue weighted by atomic mass is 32.2. The van der Waals surface area contributed by atoms with Crippen molar-refractivity contribution in [2.75, 3.05) is 17.7 Å². The van der Waals surface area contributed by atoms with E-state index >= 15 is 0 Å². The largest absolute Gasteiger partial charge is 0.492 e. The average molecular weight is 428 g/mol. The van der Waals surface area contributed by atoms with E-state index in [4.69, 9.17) is 9.72 Å². The van der Waals surface area contributed by atoms with Gasteiger partial charge in [-0.05, 0) is 39.8 Å². The van der Waals surface area contributed by atoms with Gasteiger partial charge in [0.25, 0.3) is 5.56 Å². The second kappa shape index (κ2) is 7.79. The molecule has 1 N–H and O–H groups in total. The second-order valence-electron chi connectivity index (χ2n) is 8.18. The van der Waals surface area contributed by atoms with E-state index in [1.54, 1.807) is 21.5 Å². The highest BCUT2D eigenvalue weighted by molar-refractivity contribution is 7.99. The number of ether oxygens (including phenoxy) is 1. The van der Waals surface area contributed by atoms with E-state index in [1.165, 1.54) is 11.8 Å². The molecular weight excluding hydrogens is 402 g/mol. The summed E-state index contributed by atoms with van der Waals surface area (Å²) in [5, 5.41) is 8.39. The molecule has 1 atom stereocenters. The number of amides is 1. The van der Waals surface area contributed by atoms with Crippen LogP contribution >= 0.6 is 11.8 Å². The summed E-state index contributed by atoms with van der Waals surface area (Å²) in [4.78, 5) is 30.6. The SMILES string of the molecule is CCOc1ccccc1NC(=O)CC1CSc2nc3c(cnn3C(C)(C)C)c(=O)n21. The van der Waals surface area contributed by atoms with Crippen molar-refractivity contribution in [3.8, 4) is 5.75 Å². The number of thioether (sulfide) groups is 1. The number of carbonyl (C=O) groups is 1. The summed E-state index contributed by atoms with van der Waals surface area (Å²) in [6.07, 6.45) is 1.75. The second-order valence-corrected chi connectivity index (χ2v) is 9.17. The maximum absolute atomic E-state index is 13.2. The molecule has 0 radical (unpaired) electrons. The molecule has 9 heteroatoms. The van der Waals surface area contributed by atoms with Crippen molar-refractivity contribution >= 4 is 34.4 Å². The zero-order valence-electron chi connectivity index (χ0n) is 17.5. The third-order valence-electron chi connectivity index (χ3n) is 4.89. The molecule has 30 heavy (non-hydrogen) atoms. The highest BCUT2D eigenvalue weighted by Crippen LogP contribution is 2.34. The van der Waals surface area contributed by atoms with E-state index in [0.717, 1.165) is 0 Å². The molecule has 1 amide bonds. The van der Waals surface area contributed by atoms with Crippen LogP contribution in [0.5, 0.6) is 5.75 Å². The molecule has 0 saturated carbocycles. The zero-order valence-corrected chi connectivity index (χ0v) is 18.3. The smallest absolute Gasteiger partial charge is 0.265 e. The normalized spacial score (nSPS) is 15.9. The van der Waals surface area contributed by atoms with Crippen LogP contribution in [0.1, 0.15) is 40.2 Å². The third-order valence-corrected chi connectivity index (χ3v) is 5.99. The Balaban J connectivity index is 1.59. The highest BCUT2D eigenvalue weighted by Gasteiger charge is 2.30. The minimum atomic E-state index is -0.281. The first kappa shape index (κ1) is 20.5. The van der Waals surface area contributed by atoms with Gasteiger partial charge in [0.2, 0.25) is 5.91 Å². The summed E-state index contributed by atoms with van der Waals surface area (Å²) >= 11 is 1.49. The summed E-state index contributed by atoms with van der Waals surface area (Å²) in [5.41, 5.74) is 0.781. The lowest BCUT2D eigenvalue weighted by Gasteiger charge is -2.20. The van der Waals surface area contributed by atoms with Crippen molar-refractivity contribution < 1.29 is 9.53 Å². The van der Waals surface area contributed by atoms with E-state index in [9.17, 15) is 9.59 Å². The maximum Gasteiger partial charge on any atom is 0.265 e. The minimum Gasteiger partial charge on any atom is -0.492 e. The van der Waals surface area contributed by atoms with Gasteiger partial charge in [-0.2, -0.15) is 5.10 Å². The summed E-state index contributed by atoms with van der Waals surface area (Å²) in [7, 11) is 0. The molecule has 0 spiro atoms. The van der Waals surface area contributed by atoms with Gasteiger partial charge in [-0.15, -0.1) is 0 Å². The van der Waals surface area contributed by atoms with Crippen LogP contribution in [0.25, 0.3) is 11.0 Å². The molecule has 158 valence electrons. The molecular formula is C21H25N5O3S. The Kier molecular flexibility index (Phi) is 5.31. The molecule has 2 aromatic heterocycles. The fourth-order valence-corrected chi connectivity index (χ4v) is 4.67. The number of benzene rings is 1. The first-order valence-corrected chi connectivity index (χ1v) is 10.9. The maximum atomic E-state index is 13.2. The number of fused-ring (bicyclic) bond motifs is 2. The first-order valence-electron chi connectivity index (χ1n) is 9.95. The number of carbonyl (C=O) groups excluding carboxylic acids is 1. The van der Waals surface area contributed by atoms with E-state index in [-0.39, 0.29) is 29.5 Å². The van der Waals surface area contributed by atoms with Crippen LogP contribution in [0.3, 0.4) is 0 Å². The Morgan fingerprint density at radius 2 is 2.10 bits per heavy atom. The summed E-state index contributed by atoms with van der Waals surface area (Å²) < 4.78 is 8.98. The van der Waals surface area contributed by atoms with Crippen LogP contribution in [0.2, 0.25) is 0 Å². The fraction of sp³-hybridized carbons (Fsp3) is 0.429. The molecule has 1 aliphatic rings. The fourth-order valence-electron chi connectivity index (χ4n) is 3.54. The van der Waals surface area contributed by atoms with Crippen LogP contribution < -0.4 is 15.6 Å². The molecule has 0 fully saturated rings. The van der Waals surface area contributed by atoms with E-state index in [2.05, 4.69) is 10.4 Å². The lowest BCUT2D eigenvalue weighted by atomic mass is 10.1. The Labute approximate surface area is 178 Å². The lowest BCUT2D eigenvalue weighted by molar-refractivity contribution is -0.116. The van der Waals surface area contributed by atoms with E-state index in [0.29, 0.717) is 40.0 Å². The Bertz CT molecular complexity index is 1160. The third kappa shape index (κ3) is 3.69. The van der Waals surface area contributed by atoms with Gasteiger partial charge in [0.15, 0.2) is 10.8 Å². The van der Waals surface area contributed by atoms with Gasteiger partial charge in [-0.3, -0.25) is 14.2 Å². The monoisotopic (exact) mass is 427 g/mol. The number of nitrogens with zero attached hydrogens (tertiary/aromatic N) is 4. The number of rotatable bonds is 5. The van der Waals surface area contributed by atoms with Crippen molar-refractivity contribution in [3.63, 3.8) is 0 Å². The molecule has 1 unspecified atom stereocenters. The van der Waals surface area contributed by atoms with Crippen molar-refractivity contribution in [2.24, 2.45) is 0 Å².